The van der Waals surface area contributed by atoms with E-state index in [1.165, 1.54) is 14.2 Å². The molecular formula is C10H12F2N2O3. The zero-order chi connectivity index (χ0) is 13.0. The topological polar surface area (TPSA) is 74.4 Å². The predicted molar refractivity (Wildman–Crippen MR) is 55.9 cm³/mol. The minimum Gasteiger partial charge on any atom is -0.494 e. The van der Waals surface area contributed by atoms with Crippen molar-refractivity contribution in [3.8, 4) is 5.75 Å². The molecule has 0 atom stereocenters. The first-order valence-corrected chi connectivity index (χ1v) is 4.67. The van der Waals surface area contributed by atoms with E-state index in [2.05, 4.69) is 9.72 Å². The smallest absolute Gasteiger partial charge is 0.311 e. The molecule has 0 aromatic carbocycles. The lowest BCUT2D eigenvalue weighted by molar-refractivity contribution is -0.139. The van der Waals surface area contributed by atoms with Crippen molar-refractivity contribution >= 4 is 11.8 Å². The fraction of sp³-hybridized carbons (Fsp3) is 0.400. The molecule has 94 valence electrons. The van der Waals surface area contributed by atoms with Crippen molar-refractivity contribution in [1.29, 1.82) is 0 Å². The number of rotatable bonds is 4. The molecule has 5 nitrogen and oxygen atoms in total. The lowest BCUT2D eigenvalue weighted by Gasteiger charge is -2.12. The van der Waals surface area contributed by atoms with E-state index < -0.39 is 12.4 Å². The number of alkyl halides is 2. The van der Waals surface area contributed by atoms with Crippen molar-refractivity contribution in [3.05, 3.63) is 17.3 Å². The normalized spacial score (nSPS) is 10.4. The maximum Gasteiger partial charge on any atom is 0.311 e. The molecule has 0 fully saturated rings. The molecule has 0 aliphatic heterocycles. The summed E-state index contributed by atoms with van der Waals surface area (Å²) >= 11 is 0. The van der Waals surface area contributed by atoms with Gasteiger partial charge in [-0.25, -0.2) is 13.8 Å². The average molecular weight is 246 g/mol. The zero-order valence-corrected chi connectivity index (χ0v) is 9.37. The summed E-state index contributed by atoms with van der Waals surface area (Å²) in [5.41, 5.74) is 5.03. The molecule has 7 heteroatoms. The maximum absolute atomic E-state index is 12.7. The first-order chi connectivity index (χ1) is 7.99. The lowest BCUT2D eigenvalue weighted by Crippen LogP contribution is -2.10. The molecule has 2 N–H and O–H groups in total. The zero-order valence-electron chi connectivity index (χ0n) is 9.37. The molecule has 0 spiro atoms. The standard InChI is InChI=1S/C10H12F2N2O3/c1-16-8(15)4-6-9(17-2)5(10(11)12)3-7(13)14-6/h3,10H,4H2,1-2H3,(H2,13,14). The van der Waals surface area contributed by atoms with Crippen molar-refractivity contribution in [1.82, 2.24) is 4.98 Å². The number of esters is 1. The molecule has 1 aromatic rings. The second-order valence-corrected chi connectivity index (χ2v) is 3.17. The van der Waals surface area contributed by atoms with Gasteiger partial charge in [-0.15, -0.1) is 0 Å². The lowest BCUT2D eigenvalue weighted by atomic mass is 10.1. The summed E-state index contributed by atoms with van der Waals surface area (Å²) in [6.45, 7) is 0. The minimum absolute atomic E-state index is 0.0367. The van der Waals surface area contributed by atoms with Crippen LogP contribution in [0.2, 0.25) is 0 Å². The minimum atomic E-state index is -2.76. The number of aromatic nitrogens is 1. The maximum atomic E-state index is 12.7. The van der Waals surface area contributed by atoms with E-state index in [0.717, 1.165) is 6.07 Å². The molecular weight excluding hydrogens is 234 g/mol. The van der Waals surface area contributed by atoms with Crippen LogP contribution in [0.15, 0.2) is 6.07 Å². The highest BCUT2D eigenvalue weighted by atomic mass is 19.3. The molecule has 0 saturated heterocycles. The van der Waals surface area contributed by atoms with Crippen LogP contribution in [0.3, 0.4) is 0 Å². The van der Waals surface area contributed by atoms with Crippen LogP contribution in [0, 0.1) is 0 Å². The first kappa shape index (κ1) is 13.1. The number of anilines is 1. The number of carbonyl (C=O) groups excluding carboxylic acids is 1. The van der Waals surface area contributed by atoms with Gasteiger partial charge in [0.2, 0.25) is 0 Å². The predicted octanol–water partition coefficient (Wildman–Crippen LogP) is 1.33. The number of methoxy groups -OCH3 is 2. The van der Waals surface area contributed by atoms with Crippen molar-refractivity contribution in [2.24, 2.45) is 0 Å². The Bertz CT molecular complexity index is 424. The summed E-state index contributed by atoms with van der Waals surface area (Å²) in [5.74, 6) is -0.846. The van der Waals surface area contributed by atoms with E-state index in [4.69, 9.17) is 10.5 Å². The van der Waals surface area contributed by atoms with E-state index >= 15 is 0 Å². The molecule has 0 aliphatic rings. The summed E-state index contributed by atoms with van der Waals surface area (Å²) in [5, 5.41) is 0. The van der Waals surface area contributed by atoms with E-state index in [1.807, 2.05) is 0 Å². The molecule has 0 bridgehead atoms. The van der Waals surface area contributed by atoms with Crippen molar-refractivity contribution in [2.45, 2.75) is 12.8 Å². The number of nitrogens with zero attached hydrogens (tertiary/aromatic N) is 1. The Hall–Kier alpha value is -1.92. The number of nitrogens with two attached hydrogens (primary N) is 1. The van der Waals surface area contributed by atoms with Crippen LogP contribution in [0.1, 0.15) is 17.7 Å². The summed E-state index contributed by atoms with van der Waals surface area (Å²) in [6, 6.07) is 1.02. The van der Waals surface area contributed by atoms with E-state index in [9.17, 15) is 13.6 Å². The quantitative estimate of drug-likeness (QED) is 0.811. The molecule has 0 aliphatic carbocycles. The third kappa shape index (κ3) is 3.02. The fourth-order valence-electron chi connectivity index (χ4n) is 1.36. The number of hydrogen-bond acceptors (Lipinski definition) is 5. The Labute approximate surface area is 96.5 Å². The Morgan fingerprint density at radius 3 is 2.65 bits per heavy atom. The molecule has 0 saturated carbocycles. The van der Waals surface area contributed by atoms with Gasteiger partial charge < -0.3 is 15.2 Å². The van der Waals surface area contributed by atoms with Crippen LogP contribution in [-0.2, 0) is 16.0 Å². The molecule has 1 rings (SSSR count). The van der Waals surface area contributed by atoms with Gasteiger partial charge in [0.1, 0.15) is 11.6 Å². The molecule has 0 amide bonds. The fourth-order valence-corrected chi connectivity index (χ4v) is 1.36. The second-order valence-electron chi connectivity index (χ2n) is 3.17. The Morgan fingerprint density at radius 1 is 1.53 bits per heavy atom. The molecule has 0 unspecified atom stereocenters. The second kappa shape index (κ2) is 5.42. The number of nitrogen functional groups attached to an aromatic ring is 1. The Morgan fingerprint density at radius 2 is 2.18 bits per heavy atom. The number of halogens is 2. The van der Waals surface area contributed by atoms with Gasteiger partial charge in [0.15, 0.2) is 0 Å². The highest BCUT2D eigenvalue weighted by molar-refractivity contribution is 5.73. The Kier molecular flexibility index (Phi) is 4.19. The number of ether oxygens (including phenoxy) is 2. The van der Waals surface area contributed by atoms with Crippen LogP contribution in [0.25, 0.3) is 0 Å². The van der Waals surface area contributed by atoms with Crippen molar-refractivity contribution in [3.63, 3.8) is 0 Å². The molecule has 17 heavy (non-hydrogen) atoms. The van der Waals surface area contributed by atoms with Crippen LogP contribution in [0.4, 0.5) is 14.6 Å². The average Bonchev–Trinajstić information content (AvgIpc) is 2.28. The third-order valence-electron chi connectivity index (χ3n) is 2.07. The van der Waals surface area contributed by atoms with Gasteiger partial charge in [-0.3, -0.25) is 4.79 Å². The summed E-state index contributed by atoms with van der Waals surface area (Å²) < 4.78 is 34.7. The van der Waals surface area contributed by atoms with Gasteiger partial charge >= 0.3 is 5.97 Å². The van der Waals surface area contributed by atoms with E-state index in [1.54, 1.807) is 0 Å². The summed E-state index contributed by atoms with van der Waals surface area (Å²) in [4.78, 5) is 14.9. The monoisotopic (exact) mass is 246 g/mol. The number of carbonyl (C=O) groups is 1. The highest BCUT2D eigenvalue weighted by Gasteiger charge is 2.21. The van der Waals surface area contributed by atoms with Crippen molar-refractivity contribution < 1.29 is 23.0 Å². The van der Waals surface area contributed by atoms with Crippen LogP contribution >= 0.6 is 0 Å². The van der Waals surface area contributed by atoms with Crippen LogP contribution in [0.5, 0.6) is 5.75 Å². The van der Waals surface area contributed by atoms with E-state index in [0.29, 0.717) is 0 Å². The Balaban J connectivity index is 3.23. The number of hydrogen-bond donors (Lipinski definition) is 1. The molecule has 1 aromatic heterocycles. The van der Waals surface area contributed by atoms with Crippen LogP contribution in [-0.4, -0.2) is 25.2 Å². The first-order valence-electron chi connectivity index (χ1n) is 4.67. The summed E-state index contributed by atoms with van der Waals surface area (Å²) in [7, 11) is 2.41. The van der Waals surface area contributed by atoms with E-state index in [-0.39, 0.29) is 29.2 Å². The van der Waals surface area contributed by atoms with Crippen LogP contribution < -0.4 is 10.5 Å². The van der Waals surface area contributed by atoms with Gasteiger partial charge in [0.25, 0.3) is 6.43 Å². The molecule has 1 heterocycles. The third-order valence-corrected chi connectivity index (χ3v) is 2.07. The van der Waals surface area contributed by atoms with Gasteiger partial charge in [0, 0.05) is 0 Å². The van der Waals surface area contributed by atoms with Crippen molar-refractivity contribution in [2.75, 3.05) is 20.0 Å². The molecule has 0 radical (unpaired) electrons. The van der Waals surface area contributed by atoms with Gasteiger partial charge in [-0.1, -0.05) is 0 Å². The van der Waals surface area contributed by atoms with Gasteiger partial charge in [0.05, 0.1) is 31.9 Å². The largest absolute Gasteiger partial charge is 0.494 e. The summed E-state index contributed by atoms with van der Waals surface area (Å²) in [6.07, 6.45) is -3.03. The SMILES string of the molecule is COC(=O)Cc1nc(N)cc(C(F)F)c1OC. The number of pyridine rings is 1. The van der Waals surface area contributed by atoms with Gasteiger partial charge in [-0.05, 0) is 6.07 Å². The highest BCUT2D eigenvalue weighted by Crippen LogP contribution is 2.32. The van der Waals surface area contributed by atoms with Gasteiger partial charge in [-0.2, -0.15) is 0 Å².